The van der Waals surface area contributed by atoms with Crippen LogP contribution in [0.3, 0.4) is 0 Å². The van der Waals surface area contributed by atoms with Gasteiger partial charge in [0.2, 0.25) is 5.91 Å². The van der Waals surface area contributed by atoms with Gasteiger partial charge in [0, 0.05) is 12.0 Å². The minimum Gasteiger partial charge on any atom is -0.481 e. The van der Waals surface area contributed by atoms with E-state index < -0.39 is 30.4 Å². The van der Waals surface area contributed by atoms with E-state index in [9.17, 15) is 19.5 Å². The molecule has 1 aliphatic carbocycles. The van der Waals surface area contributed by atoms with Crippen molar-refractivity contribution in [1.82, 2.24) is 10.6 Å². The summed E-state index contributed by atoms with van der Waals surface area (Å²) in [5.41, 5.74) is 4.38. The molecule has 4 rings (SSSR count). The Bertz CT molecular complexity index is 977. The summed E-state index contributed by atoms with van der Waals surface area (Å²) < 4.78 is 5.46. The second-order valence-corrected chi connectivity index (χ2v) is 9.29. The number of nitrogens with one attached hydrogen (secondary N) is 2. The molecule has 1 saturated heterocycles. The minimum atomic E-state index is -1.20. The molecule has 1 heterocycles. The SMILES string of the molecule is CC(NC(=O)C(CC(=O)O)NC(=O)OCC1c2ccccc2-c2ccccc21)C1CSC1. The van der Waals surface area contributed by atoms with Crippen LogP contribution in [0, 0.1) is 5.92 Å². The third-order valence-corrected chi connectivity index (χ3v) is 7.40. The Balaban J connectivity index is 1.39. The normalized spacial score (nSPS) is 16.8. The average molecular weight is 455 g/mol. The number of thioether (sulfide) groups is 1. The summed E-state index contributed by atoms with van der Waals surface area (Å²) in [5, 5.41) is 14.5. The first kappa shape index (κ1) is 22.2. The smallest absolute Gasteiger partial charge is 0.407 e. The molecule has 7 nitrogen and oxygen atoms in total. The highest BCUT2D eigenvalue weighted by molar-refractivity contribution is 8.00. The molecule has 3 N–H and O–H groups in total. The van der Waals surface area contributed by atoms with Gasteiger partial charge in [0.05, 0.1) is 6.42 Å². The summed E-state index contributed by atoms with van der Waals surface area (Å²) in [7, 11) is 0. The first-order chi connectivity index (χ1) is 15.4. The topological polar surface area (TPSA) is 105 Å². The van der Waals surface area contributed by atoms with Gasteiger partial charge >= 0.3 is 12.1 Å². The maximum Gasteiger partial charge on any atom is 0.407 e. The van der Waals surface area contributed by atoms with Crippen LogP contribution in [0.15, 0.2) is 48.5 Å². The average Bonchev–Trinajstić information content (AvgIpc) is 3.04. The van der Waals surface area contributed by atoms with Crippen molar-refractivity contribution in [2.75, 3.05) is 18.1 Å². The Kier molecular flexibility index (Phi) is 6.69. The van der Waals surface area contributed by atoms with Crippen LogP contribution in [0.2, 0.25) is 0 Å². The number of benzene rings is 2. The molecule has 2 aromatic rings. The first-order valence-electron chi connectivity index (χ1n) is 10.7. The molecule has 168 valence electrons. The largest absolute Gasteiger partial charge is 0.481 e. The van der Waals surface area contributed by atoms with Gasteiger partial charge in [-0.25, -0.2) is 4.79 Å². The van der Waals surface area contributed by atoms with Crippen LogP contribution in [-0.2, 0) is 14.3 Å². The van der Waals surface area contributed by atoms with Crippen LogP contribution >= 0.6 is 11.8 Å². The number of aliphatic carboxylic acids is 1. The lowest BCUT2D eigenvalue weighted by atomic mass is 9.98. The quantitative estimate of drug-likeness (QED) is 0.566. The number of carbonyl (C=O) groups excluding carboxylic acids is 2. The second-order valence-electron chi connectivity index (χ2n) is 8.22. The molecule has 2 amide bonds. The van der Waals surface area contributed by atoms with E-state index in [2.05, 4.69) is 10.6 Å². The molecule has 2 aliphatic rings. The van der Waals surface area contributed by atoms with Crippen LogP contribution in [0.25, 0.3) is 11.1 Å². The number of amides is 2. The number of rotatable bonds is 8. The van der Waals surface area contributed by atoms with Crippen molar-refractivity contribution >= 4 is 29.7 Å². The van der Waals surface area contributed by atoms with Crippen LogP contribution in [0.1, 0.15) is 30.4 Å². The van der Waals surface area contributed by atoms with E-state index >= 15 is 0 Å². The fourth-order valence-electron chi connectivity index (χ4n) is 4.15. The van der Waals surface area contributed by atoms with Gasteiger partial charge in [-0.1, -0.05) is 48.5 Å². The van der Waals surface area contributed by atoms with Crippen molar-refractivity contribution in [2.24, 2.45) is 5.92 Å². The van der Waals surface area contributed by atoms with E-state index in [1.165, 1.54) is 0 Å². The molecule has 0 spiro atoms. The van der Waals surface area contributed by atoms with Crippen LogP contribution < -0.4 is 10.6 Å². The van der Waals surface area contributed by atoms with Gasteiger partial charge in [-0.2, -0.15) is 11.8 Å². The summed E-state index contributed by atoms with van der Waals surface area (Å²) in [6.45, 7) is 1.99. The highest BCUT2D eigenvalue weighted by Gasteiger charge is 2.32. The monoisotopic (exact) mass is 454 g/mol. The Morgan fingerprint density at radius 3 is 2.16 bits per heavy atom. The molecule has 8 heteroatoms. The summed E-state index contributed by atoms with van der Waals surface area (Å²) in [6, 6.07) is 14.7. The van der Waals surface area contributed by atoms with E-state index in [1.807, 2.05) is 55.5 Å². The second kappa shape index (κ2) is 9.65. The van der Waals surface area contributed by atoms with Crippen molar-refractivity contribution in [2.45, 2.75) is 31.3 Å². The zero-order valence-electron chi connectivity index (χ0n) is 17.7. The van der Waals surface area contributed by atoms with Crippen molar-refractivity contribution in [1.29, 1.82) is 0 Å². The lowest BCUT2D eigenvalue weighted by Gasteiger charge is -2.32. The highest BCUT2D eigenvalue weighted by atomic mass is 32.2. The van der Waals surface area contributed by atoms with Crippen molar-refractivity contribution in [3.05, 3.63) is 59.7 Å². The summed E-state index contributed by atoms with van der Waals surface area (Å²) in [4.78, 5) is 36.4. The predicted octanol–water partition coefficient (Wildman–Crippen LogP) is 3.24. The number of alkyl carbamates (subject to hydrolysis) is 1. The Morgan fingerprint density at radius 2 is 1.62 bits per heavy atom. The summed E-state index contributed by atoms with van der Waals surface area (Å²) in [5.74, 6) is 0.497. The van der Waals surface area contributed by atoms with E-state index in [-0.39, 0.29) is 18.6 Å². The summed E-state index contributed by atoms with van der Waals surface area (Å²) in [6.07, 6.45) is -1.32. The number of carbonyl (C=O) groups is 3. The number of hydrogen-bond acceptors (Lipinski definition) is 5. The first-order valence-corrected chi connectivity index (χ1v) is 11.8. The van der Waals surface area contributed by atoms with Crippen LogP contribution in [-0.4, -0.2) is 53.3 Å². The van der Waals surface area contributed by atoms with Crippen molar-refractivity contribution in [3.63, 3.8) is 0 Å². The molecule has 0 radical (unpaired) electrons. The maximum atomic E-state index is 12.6. The van der Waals surface area contributed by atoms with Gasteiger partial charge in [-0.05, 0) is 46.6 Å². The van der Waals surface area contributed by atoms with Crippen molar-refractivity contribution in [3.8, 4) is 11.1 Å². The van der Waals surface area contributed by atoms with E-state index in [1.54, 1.807) is 11.8 Å². The van der Waals surface area contributed by atoms with Gasteiger partial charge in [0.1, 0.15) is 12.6 Å². The lowest BCUT2D eigenvalue weighted by Crippen LogP contribution is -2.52. The van der Waals surface area contributed by atoms with Gasteiger partial charge in [0.25, 0.3) is 0 Å². The molecule has 2 atom stereocenters. The van der Waals surface area contributed by atoms with Crippen LogP contribution in [0.5, 0.6) is 0 Å². The molecule has 0 bridgehead atoms. The molecule has 2 unspecified atom stereocenters. The Morgan fingerprint density at radius 1 is 1.03 bits per heavy atom. The van der Waals surface area contributed by atoms with E-state index in [4.69, 9.17) is 4.74 Å². The van der Waals surface area contributed by atoms with Crippen LogP contribution in [0.4, 0.5) is 4.79 Å². The molecule has 2 aromatic carbocycles. The zero-order valence-corrected chi connectivity index (χ0v) is 18.6. The van der Waals surface area contributed by atoms with Gasteiger partial charge in [0.15, 0.2) is 0 Å². The number of ether oxygens (including phenoxy) is 1. The number of fused-ring (bicyclic) bond motifs is 3. The molecular formula is C24H26N2O5S. The summed E-state index contributed by atoms with van der Waals surface area (Å²) >= 11 is 1.80. The zero-order chi connectivity index (χ0) is 22.7. The van der Waals surface area contributed by atoms with E-state index in [0.717, 1.165) is 33.8 Å². The Labute approximate surface area is 190 Å². The van der Waals surface area contributed by atoms with Gasteiger partial charge in [-0.15, -0.1) is 0 Å². The molecule has 0 aromatic heterocycles. The fraction of sp³-hybridized carbons (Fsp3) is 0.375. The minimum absolute atomic E-state index is 0.0793. The fourth-order valence-corrected chi connectivity index (χ4v) is 5.24. The molecule has 0 saturated carbocycles. The molecule has 1 fully saturated rings. The lowest BCUT2D eigenvalue weighted by molar-refractivity contribution is -0.140. The molecule has 32 heavy (non-hydrogen) atoms. The standard InChI is InChI=1S/C24H26N2O5S/c1-14(15-12-32-13-15)25-23(29)21(10-22(27)28)26-24(30)31-11-20-18-8-4-2-6-16(18)17-7-3-5-9-19(17)20/h2-9,14-15,20-21H,10-13H2,1H3,(H,25,29)(H,26,30)(H,27,28). The number of hydrogen-bond donors (Lipinski definition) is 3. The third kappa shape index (κ3) is 4.75. The Hall–Kier alpha value is -3.00. The number of carboxylic acids is 1. The maximum absolute atomic E-state index is 12.6. The van der Waals surface area contributed by atoms with Gasteiger partial charge in [-0.3, -0.25) is 9.59 Å². The molecule has 1 aliphatic heterocycles. The molecular weight excluding hydrogens is 428 g/mol. The number of carboxylic acid groups (broad SMARTS) is 1. The third-order valence-electron chi connectivity index (χ3n) is 6.07. The highest BCUT2D eigenvalue weighted by Crippen LogP contribution is 2.44. The van der Waals surface area contributed by atoms with Gasteiger partial charge < -0.3 is 20.5 Å². The predicted molar refractivity (Wildman–Crippen MR) is 123 cm³/mol. The van der Waals surface area contributed by atoms with Crippen molar-refractivity contribution < 1.29 is 24.2 Å². The van der Waals surface area contributed by atoms with E-state index in [0.29, 0.717) is 5.92 Å².